The largest absolute Gasteiger partial charge is 0.393 e. The zero-order valence-electron chi connectivity index (χ0n) is 17.3. The van der Waals surface area contributed by atoms with E-state index in [1.165, 1.54) is 24.8 Å². The van der Waals surface area contributed by atoms with Gasteiger partial charge in [0.25, 0.3) is 0 Å². The highest BCUT2D eigenvalue weighted by molar-refractivity contribution is 5.80. The van der Waals surface area contributed by atoms with Crippen molar-refractivity contribution < 1.29 is 9.90 Å². The van der Waals surface area contributed by atoms with E-state index in [0.29, 0.717) is 23.7 Å². The van der Waals surface area contributed by atoms with Crippen molar-refractivity contribution in [2.75, 3.05) is 14.1 Å². The molecule has 3 fully saturated rings. The second-order valence-corrected chi connectivity index (χ2v) is 10.6. The smallest absolute Gasteiger partial charge is 0.135 e. The molecule has 3 nitrogen and oxygen atoms in total. The maximum atomic E-state index is 12.6. The first kappa shape index (κ1) is 18.7. The predicted octanol–water partition coefficient (Wildman–Crippen LogP) is 4.06. The van der Waals surface area contributed by atoms with Gasteiger partial charge in [0.15, 0.2) is 0 Å². The van der Waals surface area contributed by atoms with Crippen LogP contribution in [0.1, 0.15) is 65.7 Å². The predicted molar refractivity (Wildman–Crippen MR) is 105 cm³/mol. The maximum Gasteiger partial charge on any atom is 0.135 e. The fourth-order valence-electron chi connectivity index (χ4n) is 7.90. The molecule has 0 aromatic rings. The minimum atomic E-state index is -0.133. The third-order valence-electron chi connectivity index (χ3n) is 9.21. The molecule has 0 spiro atoms. The Bertz CT molecular complexity index is 626. The fraction of sp³-hybridized carbons (Fsp3) is 0.870. The summed E-state index contributed by atoms with van der Waals surface area (Å²) in [6.45, 7) is 6.73. The van der Waals surface area contributed by atoms with Crippen LogP contribution in [0.4, 0.5) is 0 Å². The summed E-state index contributed by atoms with van der Waals surface area (Å²) in [5, 5.41) is 10.2. The molecule has 4 aliphatic carbocycles. The second kappa shape index (κ2) is 6.17. The topological polar surface area (TPSA) is 40.5 Å². The van der Waals surface area contributed by atoms with Gasteiger partial charge >= 0.3 is 0 Å². The highest BCUT2D eigenvalue weighted by Gasteiger charge is 2.62. The van der Waals surface area contributed by atoms with Crippen LogP contribution in [-0.2, 0) is 4.79 Å². The summed E-state index contributed by atoms with van der Waals surface area (Å²) in [4.78, 5) is 15.0. The van der Waals surface area contributed by atoms with Gasteiger partial charge in [-0.3, -0.25) is 4.79 Å². The number of carbonyl (C=O) groups excluding carboxylic acids is 1. The number of fused-ring (bicyclic) bond motifs is 5. The first-order chi connectivity index (χ1) is 12.2. The third kappa shape index (κ3) is 2.49. The molecule has 0 aliphatic heterocycles. The molecule has 0 heterocycles. The Morgan fingerprint density at radius 2 is 1.92 bits per heavy atom. The molecule has 0 aromatic carbocycles. The normalized spacial score (nSPS) is 50.7. The average Bonchev–Trinajstić information content (AvgIpc) is 2.89. The highest BCUT2D eigenvalue weighted by atomic mass is 16.3. The fourth-order valence-corrected chi connectivity index (χ4v) is 7.90. The minimum absolute atomic E-state index is 0.133. The van der Waals surface area contributed by atoms with Crippen molar-refractivity contribution in [2.24, 2.45) is 34.5 Å². The number of Topliss-reactive ketones (excluding diaryl/α,β-unsaturated/α-hetero) is 1. The molecule has 0 aromatic heterocycles. The lowest BCUT2D eigenvalue weighted by atomic mass is 9.47. The highest BCUT2D eigenvalue weighted by Crippen LogP contribution is 2.66. The molecule has 146 valence electrons. The molecular weight excluding hydrogens is 322 g/mol. The zero-order valence-corrected chi connectivity index (χ0v) is 17.3. The van der Waals surface area contributed by atoms with Gasteiger partial charge in [-0.25, -0.2) is 0 Å². The Hall–Kier alpha value is -0.670. The number of carbonyl (C=O) groups is 1. The van der Waals surface area contributed by atoms with Crippen molar-refractivity contribution in [1.82, 2.24) is 4.90 Å². The quantitative estimate of drug-likeness (QED) is 0.756. The summed E-state index contributed by atoms with van der Waals surface area (Å²) >= 11 is 0. The van der Waals surface area contributed by atoms with Crippen LogP contribution in [0.2, 0.25) is 0 Å². The van der Waals surface area contributed by atoms with Gasteiger partial charge in [0, 0.05) is 12.0 Å². The number of aliphatic hydroxyl groups excluding tert-OH is 1. The molecule has 0 amide bonds. The second-order valence-electron chi connectivity index (χ2n) is 10.6. The summed E-state index contributed by atoms with van der Waals surface area (Å²) in [7, 11) is 4.31. The van der Waals surface area contributed by atoms with Gasteiger partial charge in [-0.1, -0.05) is 25.5 Å². The van der Waals surface area contributed by atoms with Crippen molar-refractivity contribution in [3.8, 4) is 0 Å². The maximum absolute atomic E-state index is 12.6. The standard InChI is InChI=1S/C23H37NO2/c1-14(25)21-20(24(4)5)13-19-17-7-6-15-12-16(26)8-10-22(15,2)18(17)9-11-23(19,21)3/h6,16-21,26H,7-13H2,1-5H3/t16?,17?,18?,19?,20-,21?,22+,23+/m1/s1. The Morgan fingerprint density at radius 1 is 1.19 bits per heavy atom. The number of hydrogen-bond donors (Lipinski definition) is 1. The lowest BCUT2D eigenvalue weighted by Gasteiger charge is -2.57. The van der Waals surface area contributed by atoms with E-state index in [2.05, 4.69) is 38.9 Å². The molecule has 26 heavy (non-hydrogen) atoms. The lowest BCUT2D eigenvalue weighted by molar-refractivity contribution is -0.129. The monoisotopic (exact) mass is 359 g/mol. The molecular formula is C23H37NO2. The van der Waals surface area contributed by atoms with E-state index in [9.17, 15) is 9.90 Å². The van der Waals surface area contributed by atoms with E-state index >= 15 is 0 Å². The van der Waals surface area contributed by atoms with Crippen LogP contribution in [0.25, 0.3) is 0 Å². The van der Waals surface area contributed by atoms with E-state index in [4.69, 9.17) is 0 Å². The number of allylic oxidation sites excluding steroid dienone is 1. The number of aliphatic hydroxyl groups is 1. The minimum Gasteiger partial charge on any atom is -0.393 e. The molecule has 1 N–H and O–H groups in total. The van der Waals surface area contributed by atoms with Crippen molar-refractivity contribution in [3.05, 3.63) is 11.6 Å². The lowest BCUT2D eigenvalue weighted by Crippen LogP contribution is -2.51. The molecule has 5 unspecified atom stereocenters. The third-order valence-corrected chi connectivity index (χ3v) is 9.21. The van der Waals surface area contributed by atoms with E-state index in [0.717, 1.165) is 31.6 Å². The summed E-state index contributed by atoms with van der Waals surface area (Å²) in [6, 6.07) is 0.396. The number of nitrogens with zero attached hydrogens (tertiary/aromatic N) is 1. The van der Waals surface area contributed by atoms with Gasteiger partial charge < -0.3 is 10.0 Å². The Labute approximate surface area is 159 Å². The van der Waals surface area contributed by atoms with Gasteiger partial charge in [0.1, 0.15) is 5.78 Å². The molecule has 0 radical (unpaired) electrons. The molecule has 3 heteroatoms. The Kier molecular flexibility index (Phi) is 4.43. The molecule has 8 atom stereocenters. The molecule has 0 bridgehead atoms. The van der Waals surface area contributed by atoms with Crippen molar-refractivity contribution in [1.29, 1.82) is 0 Å². The van der Waals surface area contributed by atoms with Crippen molar-refractivity contribution in [3.63, 3.8) is 0 Å². The summed E-state index contributed by atoms with van der Waals surface area (Å²) in [6.07, 6.45) is 10.1. The van der Waals surface area contributed by atoms with Crippen LogP contribution >= 0.6 is 0 Å². The van der Waals surface area contributed by atoms with Gasteiger partial charge in [-0.15, -0.1) is 0 Å². The van der Waals surface area contributed by atoms with Crippen LogP contribution in [0.5, 0.6) is 0 Å². The van der Waals surface area contributed by atoms with Crippen LogP contribution in [0, 0.1) is 34.5 Å². The zero-order chi connectivity index (χ0) is 18.9. The Morgan fingerprint density at radius 3 is 2.58 bits per heavy atom. The Balaban J connectivity index is 1.69. The summed E-state index contributed by atoms with van der Waals surface area (Å²) in [5.74, 6) is 2.69. The van der Waals surface area contributed by atoms with Crippen LogP contribution in [-0.4, -0.2) is 42.0 Å². The first-order valence-corrected chi connectivity index (χ1v) is 10.7. The summed E-state index contributed by atoms with van der Waals surface area (Å²) in [5.41, 5.74) is 1.98. The van der Waals surface area contributed by atoms with Crippen LogP contribution in [0.15, 0.2) is 11.6 Å². The van der Waals surface area contributed by atoms with Crippen molar-refractivity contribution >= 4 is 5.78 Å². The van der Waals surface area contributed by atoms with E-state index in [-0.39, 0.29) is 22.9 Å². The number of ketones is 1. The van der Waals surface area contributed by atoms with E-state index in [1.807, 2.05) is 6.92 Å². The van der Waals surface area contributed by atoms with Crippen LogP contribution < -0.4 is 0 Å². The molecule has 4 rings (SSSR count). The average molecular weight is 360 g/mol. The van der Waals surface area contributed by atoms with E-state index < -0.39 is 0 Å². The number of hydrogen-bond acceptors (Lipinski definition) is 3. The van der Waals surface area contributed by atoms with E-state index in [1.54, 1.807) is 0 Å². The van der Waals surface area contributed by atoms with Gasteiger partial charge in [-0.2, -0.15) is 0 Å². The first-order valence-electron chi connectivity index (χ1n) is 10.7. The van der Waals surface area contributed by atoms with Gasteiger partial charge in [-0.05, 0) is 94.5 Å². The molecule has 4 aliphatic rings. The number of rotatable bonds is 2. The summed E-state index contributed by atoms with van der Waals surface area (Å²) < 4.78 is 0. The SMILES string of the molecule is CC(=O)C1[C@H](N(C)C)CC2C3CC=C4CC(O)CC[C@]4(C)C3CC[C@@]21C. The van der Waals surface area contributed by atoms with Gasteiger partial charge in [0.2, 0.25) is 0 Å². The molecule has 3 saturated carbocycles. The van der Waals surface area contributed by atoms with Gasteiger partial charge in [0.05, 0.1) is 6.10 Å². The van der Waals surface area contributed by atoms with Crippen LogP contribution in [0.3, 0.4) is 0 Å². The molecule has 0 saturated heterocycles. The van der Waals surface area contributed by atoms with Crippen molar-refractivity contribution in [2.45, 2.75) is 77.9 Å².